The number of carbonyl (C=O) groups is 1. The predicted molar refractivity (Wildman–Crippen MR) is 107 cm³/mol. The molecule has 3 aromatic carbocycles. The Bertz CT molecular complexity index is 1140. The predicted octanol–water partition coefficient (Wildman–Crippen LogP) is 6.05. The minimum Gasteiger partial charge on any atom is -0.486 e. The molecule has 1 aromatic heterocycles. The lowest BCUT2D eigenvalue weighted by atomic mass is 10.0. The molecule has 3 nitrogen and oxygen atoms in total. The molecular weight excluding hydrogens is 355 g/mol. The van der Waals surface area contributed by atoms with Crippen LogP contribution in [-0.4, -0.2) is 5.78 Å². The van der Waals surface area contributed by atoms with Gasteiger partial charge in [0, 0.05) is 5.56 Å². The van der Waals surface area contributed by atoms with Gasteiger partial charge in [-0.1, -0.05) is 36.4 Å². The number of carbonyl (C=O) groups excluding carboxylic acids is 1. The van der Waals surface area contributed by atoms with Crippen LogP contribution in [0.15, 0.2) is 89.4 Å². The van der Waals surface area contributed by atoms with E-state index in [2.05, 4.69) is 0 Å². The Labute approximate surface area is 161 Å². The fourth-order valence-electron chi connectivity index (χ4n) is 2.84. The van der Waals surface area contributed by atoms with Crippen molar-refractivity contribution >= 4 is 22.6 Å². The third kappa shape index (κ3) is 4.18. The highest BCUT2D eigenvalue weighted by Crippen LogP contribution is 2.18. The zero-order valence-electron chi connectivity index (χ0n) is 15.0. The van der Waals surface area contributed by atoms with Crippen molar-refractivity contribution in [3.63, 3.8) is 0 Å². The Hall–Kier alpha value is -3.66. The molecule has 0 spiro atoms. The lowest BCUT2D eigenvalue weighted by molar-refractivity contribution is 0.104. The van der Waals surface area contributed by atoms with Gasteiger partial charge in [-0.15, -0.1) is 0 Å². The maximum absolute atomic E-state index is 12.9. The first-order valence-electron chi connectivity index (χ1n) is 8.86. The number of furan rings is 1. The normalized spacial score (nSPS) is 11.2. The minimum atomic E-state index is -0.311. The van der Waals surface area contributed by atoms with Gasteiger partial charge in [0.25, 0.3) is 0 Å². The summed E-state index contributed by atoms with van der Waals surface area (Å²) in [6.45, 7) is 0.220. The molecule has 0 aliphatic rings. The molecule has 0 N–H and O–H groups in total. The standard InChI is InChI=1S/C24H17FO3/c25-20-7-9-21(10-8-20)27-16-23-12-11-22(28-23)13-14-24(26)19-6-5-17-3-1-2-4-18(17)15-19/h1-15H,16H2/b14-13+. The summed E-state index contributed by atoms with van der Waals surface area (Å²) >= 11 is 0. The number of hydrogen-bond acceptors (Lipinski definition) is 3. The summed E-state index contributed by atoms with van der Waals surface area (Å²) < 4.78 is 24.1. The lowest BCUT2D eigenvalue weighted by Crippen LogP contribution is -1.94. The summed E-state index contributed by atoms with van der Waals surface area (Å²) in [7, 11) is 0. The van der Waals surface area contributed by atoms with Crippen LogP contribution < -0.4 is 4.74 Å². The van der Waals surface area contributed by atoms with Crippen LogP contribution in [0, 0.1) is 5.82 Å². The van der Waals surface area contributed by atoms with Crippen LogP contribution in [0.25, 0.3) is 16.8 Å². The van der Waals surface area contributed by atoms with E-state index in [-0.39, 0.29) is 18.2 Å². The molecule has 0 saturated carbocycles. The molecule has 0 amide bonds. The third-order valence-electron chi connectivity index (χ3n) is 4.31. The van der Waals surface area contributed by atoms with Crippen molar-refractivity contribution < 1.29 is 18.3 Å². The smallest absolute Gasteiger partial charge is 0.185 e. The third-order valence-corrected chi connectivity index (χ3v) is 4.31. The number of rotatable bonds is 6. The average molecular weight is 372 g/mol. The van der Waals surface area contributed by atoms with Gasteiger partial charge in [-0.2, -0.15) is 0 Å². The molecule has 28 heavy (non-hydrogen) atoms. The van der Waals surface area contributed by atoms with Crippen molar-refractivity contribution in [3.8, 4) is 5.75 Å². The van der Waals surface area contributed by atoms with Crippen LogP contribution in [0.1, 0.15) is 21.9 Å². The van der Waals surface area contributed by atoms with Gasteiger partial charge in [0.15, 0.2) is 5.78 Å². The summed E-state index contributed by atoms with van der Waals surface area (Å²) in [5.41, 5.74) is 0.626. The monoisotopic (exact) mass is 372 g/mol. The summed E-state index contributed by atoms with van der Waals surface area (Å²) in [6.07, 6.45) is 3.13. The molecule has 138 valence electrons. The SMILES string of the molecule is O=C(/C=C/c1ccc(COc2ccc(F)cc2)o1)c1ccc2ccccc2c1. The first-order valence-corrected chi connectivity index (χ1v) is 8.86. The van der Waals surface area contributed by atoms with Gasteiger partial charge in [0.2, 0.25) is 0 Å². The molecule has 0 bridgehead atoms. The average Bonchev–Trinajstić information content (AvgIpc) is 3.19. The van der Waals surface area contributed by atoms with Gasteiger partial charge in [0.05, 0.1) is 0 Å². The second-order valence-electron chi connectivity index (χ2n) is 6.31. The number of ketones is 1. The highest BCUT2D eigenvalue weighted by atomic mass is 19.1. The molecule has 4 aromatic rings. The quantitative estimate of drug-likeness (QED) is 0.306. The van der Waals surface area contributed by atoms with Crippen LogP contribution in [0.5, 0.6) is 5.75 Å². The molecule has 4 rings (SSSR count). The second kappa shape index (κ2) is 7.92. The van der Waals surface area contributed by atoms with E-state index < -0.39 is 0 Å². The largest absolute Gasteiger partial charge is 0.486 e. The Kier molecular flexibility index (Phi) is 5.02. The van der Waals surface area contributed by atoms with Crippen LogP contribution >= 0.6 is 0 Å². The number of ether oxygens (including phenoxy) is 1. The van der Waals surface area contributed by atoms with Crippen molar-refractivity contribution in [1.82, 2.24) is 0 Å². The van der Waals surface area contributed by atoms with Crippen LogP contribution in [0.2, 0.25) is 0 Å². The molecule has 0 fully saturated rings. The van der Waals surface area contributed by atoms with Crippen molar-refractivity contribution in [3.05, 3.63) is 108 Å². The maximum Gasteiger partial charge on any atom is 0.185 e. The van der Waals surface area contributed by atoms with E-state index in [1.54, 1.807) is 30.3 Å². The Balaban J connectivity index is 1.40. The van der Waals surface area contributed by atoms with Crippen molar-refractivity contribution in [2.24, 2.45) is 0 Å². The minimum absolute atomic E-state index is 0.0914. The fourth-order valence-corrected chi connectivity index (χ4v) is 2.84. The van der Waals surface area contributed by atoms with E-state index in [9.17, 15) is 9.18 Å². The highest BCUT2D eigenvalue weighted by molar-refractivity contribution is 6.08. The number of allylic oxidation sites excluding steroid dienone is 1. The van der Waals surface area contributed by atoms with Gasteiger partial charge in [-0.3, -0.25) is 4.79 Å². The lowest BCUT2D eigenvalue weighted by Gasteiger charge is -2.03. The van der Waals surface area contributed by atoms with Crippen LogP contribution in [0.4, 0.5) is 4.39 Å². The first kappa shape index (κ1) is 17.7. The molecule has 0 saturated heterocycles. The molecule has 4 heteroatoms. The van der Waals surface area contributed by atoms with E-state index in [4.69, 9.17) is 9.15 Å². The zero-order valence-corrected chi connectivity index (χ0v) is 15.0. The van der Waals surface area contributed by atoms with E-state index in [1.165, 1.54) is 18.2 Å². The Morgan fingerprint density at radius 1 is 0.929 bits per heavy atom. The summed E-state index contributed by atoms with van der Waals surface area (Å²) in [4.78, 5) is 12.4. The Morgan fingerprint density at radius 2 is 1.71 bits per heavy atom. The van der Waals surface area contributed by atoms with Crippen molar-refractivity contribution in [2.45, 2.75) is 6.61 Å². The van der Waals surface area contributed by atoms with E-state index in [1.807, 2.05) is 42.5 Å². The van der Waals surface area contributed by atoms with Crippen molar-refractivity contribution in [2.75, 3.05) is 0 Å². The zero-order chi connectivity index (χ0) is 19.3. The molecule has 0 unspecified atom stereocenters. The summed E-state index contributed by atoms with van der Waals surface area (Å²) in [6, 6.07) is 22.9. The summed E-state index contributed by atoms with van der Waals surface area (Å²) in [5, 5.41) is 2.12. The fraction of sp³-hybridized carbons (Fsp3) is 0.0417. The van der Waals surface area contributed by atoms with Gasteiger partial charge in [0.1, 0.15) is 29.7 Å². The van der Waals surface area contributed by atoms with E-state index >= 15 is 0 Å². The van der Waals surface area contributed by atoms with E-state index in [0.717, 1.165) is 10.8 Å². The van der Waals surface area contributed by atoms with Crippen LogP contribution in [0.3, 0.4) is 0 Å². The molecule has 0 radical (unpaired) electrons. The van der Waals surface area contributed by atoms with E-state index in [0.29, 0.717) is 22.8 Å². The van der Waals surface area contributed by atoms with Gasteiger partial charge in [-0.05, 0) is 65.4 Å². The summed E-state index contributed by atoms with van der Waals surface area (Å²) in [5.74, 6) is 1.33. The number of hydrogen-bond donors (Lipinski definition) is 0. The number of fused-ring (bicyclic) bond motifs is 1. The molecule has 0 aliphatic heterocycles. The van der Waals surface area contributed by atoms with Gasteiger partial charge >= 0.3 is 0 Å². The highest BCUT2D eigenvalue weighted by Gasteiger charge is 2.05. The topological polar surface area (TPSA) is 39.4 Å². The first-order chi connectivity index (χ1) is 13.7. The maximum atomic E-state index is 12.9. The van der Waals surface area contributed by atoms with Crippen LogP contribution in [-0.2, 0) is 6.61 Å². The molecule has 0 aliphatic carbocycles. The molecular formula is C24H17FO3. The number of benzene rings is 3. The second-order valence-corrected chi connectivity index (χ2v) is 6.31. The van der Waals surface area contributed by atoms with Crippen molar-refractivity contribution in [1.29, 1.82) is 0 Å². The molecule has 0 atom stereocenters. The molecule has 1 heterocycles. The number of halogens is 1. The van der Waals surface area contributed by atoms with Gasteiger partial charge < -0.3 is 9.15 Å². The Morgan fingerprint density at radius 3 is 2.54 bits per heavy atom. The van der Waals surface area contributed by atoms with Gasteiger partial charge in [-0.25, -0.2) is 4.39 Å².